The molecule has 0 atom stereocenters. The van der Waals surface area contributed by atoms with E-state index in [1.54, 1.807) is 0 Å². The van der Waals surface area contributed by atoms with Crippen molar-refractivity contribution in [3.05, 3.63) is 35.7 Å². The summed E-state index contributed by atoms with van der Waals surface area (Å²) in [7, 11) is 0. The van der Waals surface area contributed by atoms with E-state index in [1.807, 2.05) is 6.92 Å². The SMILES string of the molecule is CCCc1c(CO)nnn1-c1ccc(OC(F)(F)F)cc1. The highest BCUT2D eigenvalue weighted by Crippen LogP contribution is 2.24. The third-order valence-corrected chi connectivity index (χ3v) is 2.80. The number of hydrogen-bond donors (Lipinski definition) is 1. The first-order valence-corrected chi connectivity index (χ1v) is 6.35. The van der Waals surface area contributed by atoms with E-state index in [9.17, 15) is 18.3 Å². The summed E-state index contributed by atoms with van der Waals surface area (Å²) in [5.74, 6) is -0.300. The molecule has 0 saturated heterocycles. The number of aromatic nitrogens is 3. The molecule has 21 heavy (non-hydrogen) atoms. The fraction of sp³-hybridized carbons (Fsp3) is 0.385. The number of ether oxygens (including phenoxy) is 1. The van der Waals surface area contributed by atoms with Crippen LogP contribution in [0.5, 0.6) is 5.75 Å². The summed E-state index contributed by atoms with van der Waals surface area (Å²) in [5.41, 5.74) is 1.76. The minimum atomic E-state index is -4.72. The molecule has 1 aromatic heterocycles. The van der Waals surface area contributed by atoms with Gasteiger partial charge in [-0.25, -0.2) is 4.68 Å². The molecule has 1 aromatic carbocycles. The van der Waals surface area contributed by atoms with Gasteiger partial charge in [-0.1, -0.05) is 18.6 Å². The molecule has 2 rings (SSSR count). The van der Waals surface area contributed by atoms with Crippen LogP contribution in [0.1, 0.15) is 24.7 Å². The maximum Gasteiger partial charge on any atom is 0.573 e. The van der Waals surface area contributed by atoms with Crippen molar-refractivity contribution in [2.24, 2.45) is 0 Å². The molecule has 0 bridgehead atoms. The van der Waals surface area contributed by atoms with E-state index in [0.717, 1.165) is 12.1 Å². The number of halogens is 3. The van der Waals surface area contributed by atoms with Crippen LogP contribution in [0.2, 0.25) is 0 Å². The molecule has 1 N–H and O–H groups in total. The predicted molar refractivity (Wildman–Crippen MR) is 68.0 cm³/mol. The maximum atomic E-state index is 12.1. The number of alkyl halides is 3. The third kappa shape index (κ3) is 3.72. The molecule has 0 fully saturated rings. The van der Waals surface area contributed by atoms with Crippen LogP contribution in [0.3, 0.4) is 0 Å². The lowest BCUT2D eigenvalue weighted by Gasteiger charge is -2.10. The van der Waals surface area contributed by atoms with Crippen molar-refractivity contribution in [1.82, 2.24) is 15.0 Å². The largest absolute Gasteiger partial charge is 0.573 e. The van der Waals surface area contributed by atoms with Crippen LogP contribution in [-0.2, 0) is 13.0 Å². The van der Waals surface area contributed by atoms with Crippen molar-refractivity contribution < 1.29 is 23.0 Å². The Hall–Kier alpha value is -2.09. The van der Waals surface area contributed by atoms with E-state index in [4.69, 9.17) is 0 Å². The fourth-order valence-corrected chi connectivity index (χ4v) is 1.94. The van der Waals surface area contributed by atoms with Crippen molar-refractivity contribution in [2.45, 2.75) is 32.7 Å². The monoisotopic (exact) mass is 301 g/mol. The summed E-state index contributed by atoms with van der Waals surface area (Å²) in [5, 5.41) is 17.0. The number of rotatable bonds is 5. The molecule has 0 unspecified atom stereocenters. The summed E-state index contributed by atoms with van der Waals surface area (Å²) in [6.45, 7) is 1.74. The average Bonchev–Trinajstić information content (AvgIpc) is 2.81. The first-order valence-electron chi connectivity index (χ1n) is 6.35. The highest BCUT2D eigenvalue weighted by atomic mass is 19.4. The van der Waals surface area contributed by atoms with E-state index in [-0.39, 0.29) is 12.4 Å². The Balaban J connectivity index is 2.28. The first-order chi connectivity index (χ1) is 9.94. The summed E-state index contributed by atoms with van der Waals surface area (Å²) in [6, 6.07) is 5.32. The lowest BCUT2D eigenvalue weighted by atomic mass is 10.2. The zero-order chi connectivity index (χ0) is 15.5. The highest BCUT2D eigenvalue weighted by Gasteiger charge is 2.31. The first kappa shape index (κ1) is 15.3. The average molecular weight is 301 g/mol. The van der Waals surface area contributed by atoms with E-state index in [2.05, 4.69) is 15.0 Å². The van der Waals surface area contributed by atoms with Gasteiger partial charge in [0.25, 0.3) is 0 Å². The molecule has 0 aliphatic carbocycles. The van der Waals surface area contributed by atoms with Gasteiger partial charge in [0.05, 0.1) is 18.0 Å². The third-order valence-electron chi connectivity index (χ3n) is 2.80. The van der Waals surface area contributed by atoms with Crippen molar-refractivity contribution >= 4 is 0 Å². The molecule has 2 aromatic rings. The molecule has 5 nitrogen and oxygen atoms in total. The van der Waals surface area contributed by atoms with Gasteiger partial charge < -0.3 is 9.84 Å². The van der Waals surface area contributed by atoms with Gasteiger partial charge in [0.15, 0.2) is 0 Å². The van der Waals surface area contributed by atoms with Gasteiger partial charge in [0.2, 0.25) is 0 Å². The Labute approximate surface area is 119 Å². The number of nitrogens with zero attached hydrogens (tertiary/aromatic N) is 3. The summed E-state index contributed by atoms with van der Waals surface area (Å²) in [6.07, 6.45) is -3.23. The second-order valence-electron chi connectivity index (χ2n) is 4.34. The van der Waals surface area contributed by atoms with E-state index >= 15 is 0 Å². The molecular formula is C13H14F3N3O2. The standard InChI is InChI=1S/C13H14F3N3O2/c1-2-3-12-11(8-20)17-18-19(12)9-4-6-10(7-5-9)21-13(14,15)16/h4-7,20H,2-3,8H2,1H3. The summed E-state index contributed by atoms with van der Waals surface area (Å²) >= 11 is 0. The van der Waals surface area contributed by atoms with Gasteiger partial charge in [-0.15, -0.1) is 18.3 Å². The van der Waals surface area contributed by atoms with Gasteiger partial charge in [-0.2, -0.15) is 0 Å². The molecular weight excluding hydrogens is 287 g/mol. The molecule has 114 valence electrons. The highest BCUT2D eigenvalue weighted by molar-refractivity contribution is 5.38. The van der Waals surface area contributed by atoms with Crippen LogP contribution < -0.4 is 4.74 Å². The minimum Gasteiger partial charge on any atom is -0.406 e. The maximum absolute atomic E-state index is 12.1. The van der Waals surface area contributed by atoms with Crippen molar-refractivity contribution in [3.63, 3.8) is 0 Å². The van der Waals surface area contributed by atoms with Gasteiger partial charge in [-0.3, -0.25) is 0 Å². The van der Waals surface area contributed by atoms with Crippen LogP contribution in [0, 0.1) is 0 Å². The smallest absolute Gasteiger partial charge is 0.406 e. The number of aliphatic hydroxyl groups is 1. The predicted octanol–water partition coefficient (Wildman–Crippen LogP) is 2.61. The Bertz CT molecular complexity index is 594. The molecule has 0 amide bonds. The lowest BCUT2D eigenvalue weighted by molar-refractivity contribution is -0.274. The second-order valence-corrected chi connectivity index (χ2v) is 4.34. The molecule has 0 aliphatic heterocycles. The summed E-state index contributed by atoms with van der Waals surface area (Å²) in [4.78, 5) is 0. The van der Waals surface area contributed by atoms with Crippen LogP contribution >= 0.6 is 0 Å². The van der Waals surface area contributed by atoms with Crippen LogP contribution in [-0.4, -0.2) is 26.5 Å². The second kappa shape index (κ2) is 6.13. The lowest BCUT2D eigenvalue weighted by Crippen LogP contribution is -2.17. The molecule has 8 heteroatoms. The molecule has 0 aliphatic rings. The number of benzene rings is 1. The molecule has 0 saturated carbocycles. The quantitative estimate of drug-likeness (QED) is 0.922. The van der Waals surface area contributed by atoms with Crippen molar-refractivity contribution in [3.8, 4) is 11.4 Å². The Kier molecular flexibility index (Phi) is 4.46. The normalized spacial score (nSPS) is 11.7. The number of aliphatic hydroxyl groups excluding tert-OH is 1. The topological polar surface area (TPSA) is 60.2 Å². The molecule has 0 spiro atoms. The minimum absolute atomic E-state index is 0.232. The Morgan fingerprint density at radius 2 is 1.90 bits per heavy atom. The van der Waals surface area contributed by atoms with E-state index < -0.39 is 6.36 Å². The number of hydrogen-bond acceptors (Lipinski definition) is 4. The van der Waals surface area contributed by atoms with Crippen LogP contribution in [0.25, 0.3) is 5.69 Å². The van der Waals surface area contributed by atoms with Crippen molar-refractivity contribution in [2.75, 3.05) is 0 Å². The van der Waals surface area contributed by atoms with E-state index in [1.165, 1.54) is 28.9 Å². The molecule has 0 radical (unpaired) electrons. The Morgan fingerprint density at radius 3 is 2.43 bits per heavy atom. The van der Waals surface area contributed by atoms with Gasteiger partial charge in [-0.05, 0) is 30.7 Å². The van der Waals surface area contributed by atoms with Crippen LogP contribution in [0.15, 0.2) is 24.3 Å². The zero-order valence-corrected chi connectivity index (χ0v) is 11.3. The fourth-order valence-electron chi connectivity index (χ4n) is 1.94. The van der Waals surface area contributed by atoms with Gasteiger partial charge in [0.1, 0.15) is 11.4 Å². The van der Waals surface area contributed by atoms with Gasteiger partial charge >= 0.3 is 6.36 Å². The molecule has 1 heterocycles. The van der Waals surface area contributed by atoms with Gasteiger partial charge in [0, 0.05) is 0 Å². The van der Waals surface area contributed by atoms with E-state index in [0.29, 0.717) is 17.8 Å². The summed E-state index contributed by atoms with van der Waals surface area (Å²) < 4.78 is 41.6. The van der Waals surface area contributed by atoms with Crippen LogP contribution in [0.4, 0.5) is 13.2 Å². The Morgan fingerprint density at radius 1 is 1.24 bits per heavy atom. The van der Waals surface area contributed by atoms with Crippen molar-refractivity contribution in [1.29, 1.82) is 0 Å². The zero-order valence-electron chi connectivity index (χ0n) is 11.3.